The second-order valence-electron chi connectivity index (χ2n) is 6.89. The number of aliphatic carboxylic acids is 1. The Morgan fingerprint density at radius 3 is 2.21 bits per heavy atom. The quantitative estimate of drug-likeness (QED) is 0.259. The summed E-state index contributed by atoms with van der Waals surface area (Å²) < 4.78 is 0. The molecule has 0 aliphatic rings. The Hall–Kier alpha value is -2.59. The van der Waals surface area contributed by atoms with Gasteiger partial charge in [-0.2, -0.15) is 12.6 Å². The number of carboxylic acid groups (broad SMARTS) is 1. The molecule has 0 spiro atoms. The van der Waals surface area contributed by atoms with Crippen LogP contribution in [-0.4, -0.2) is 59.2 Å². The minimum atomic E-state index is -1.22. The molecule has 3 amide bonds. The minimum absolute atomic E-state index is 0.0843. The van der Waals surface area contributed by atoms with E-state index in [0.717, 1.165) is 5.56 Å². The van der Waals surface area contributed by atoms with Gasteiger partial charge in [0, 0.05) is 5.75 Å². The molecule has 1 aromatic carbocycles. The lowest BCUT2D eigenvalue weighted by atomic mass is 10.0. The van der Waals surface area contributed by atoms with Crippen LogP contribution in [0.1, 0.15) is 19.4 Å². The Morgan fingerprint density at radius 1 is 1.07 bits per heavy atom. The van der Waals surface area contributed by atoms with E-state index in [1.165, 1.54) is 0 Å². The molecule has 0 aliphatic carbocycles. The summed E-state index contributed by atoms with van der Waals surface area (Å²) in [6, 6.07) is 6.38. The summed E-state index contributed by atoms with van der Waals surface area (Å²) in [7, 11) is 0. The molecular weight excluding hydrogens is 396 g/mol. The maximum atomic E-state index is 12.4. The molecule has 0 bridgehead atoms. The molecule has 1 rings (SSSR count). The molecule has 0 aromatic heterocycles. The molecule has 0 fully saturated rings. The number of carbonyl (C=O) groups excluding carboxylic acids is 3. The third-order valence-electron chi connectivity index (χ3n) is 4.12. The molecule has 6 N–H and O–H groups in total. The molecule has 0 saturated heterocycles. The molecule has 3 atom stereocenters. The van der Waals surface area contributed by atoms with Crippen molar-refractivity contribution in [2.75, 3.05) is 12.3 Å². The third-order valence-corrected chi connectivity index (χ3v) is 4.49. The average molecular weight is 425 g/mol. The number of amides is 3. The molecule has 10 heteroatoms. The number of nitrogens with one attached hydrogen (secondary N) is 3. The highest BCUT2D eigenvalue weighted by Gasteiger charge is 2.27. The summed E-state index contributed by atoms with van der Waals surface area (Å²) in [5.74, 6) is -3.27. The Labute approximate surface area is 175 Å². The van der Waals surface area contributed by atoms with Crippen LogP contribution in [0, 0.1) is 5.92 Å². The van der Waals surface area contributed by atoms with Gasteiger partial charge in [0.25, 0.3) is 0 Å². The van der Waals surface area contributed by atoms with Gasteiger partial charge in [-0.25, -0.2) is 4.79 Å². The summed E-state index contributed by atoms with van der Waals surface area (Å²) in [5, 5.41) is 16.2. The summed E-state index contributed by atoms with van der Waals surface area (Å²) in [6.07, 6.45) is 0.321. The van der Waals surface area contributed by atoms with Gasteiger partial charge in [-0.1, -0.05) is 44.2 Å². The van der Waals surface area contributed by atoms with Crippen LogP contribution in [-0.2, 0) is 25.6 Å². The minimum Gasteiger partial charge on any atom is -0.480 e. The van der Waals surface area contributed by atoms with E-state index in [2.05, 4.69) is 28.6 Å². The van der Waals surface area contributed by atoms with Crippen molar-refractivity contribution in [3.63, 3.8) is 0 Å². The predicted molar refractivity (Wildman–Crippen MR) is 111 cm³/mol. The zero-order chi connectivity index (χ0) is 22.0. The zero-order valence-electron chi connectivity index (χ0n) is 16.4. The van der Waals surface area contributed by atoms with Gasteiger partial charge in [-0.05, 0) is 17.9 Å². The lowest BCUT2D eigenvalue weighted by Crippen LogP contribution is -2.55. The van der Waals surface area contributed by atoms with E-state index in [4.69, 9.17) is 10.8 Å². The third kappa shape index (κ3) is 8.53. The van der Waals surface area contributed by atoms with Gasteiger partial charge in [0.1, 0.15) is 12.1 Å². The lowest BCUT2D eigenvalue weighted by Gasteiger charge is -2.23. The fourth-order valence-corrected chi connectivity index (χ4v) is 2.71. The summed E-state index contributed by atoms with van der Waals surface area (Å²) >= 11 is 3.85. The molecule has 1 aromatic rings. The first-order valence-electron chi connectivity index (χ1n) is 9.16. The highest BCUT2D eigenvalue weighted by atomic mass is 32.1. The van der Waals surface area contributed by atoms with Crippen molar-refractivity contribution < 1.29 is 24.3 Å². The van der Waals surface area contributed by atoms with Gasteiger partial charge in [0.15, 0.2) is 0 Å². The van der Waals surface area contributed by atoms with Crippen LogP contribution in [0.25, 0.3) is 0 Å². The molecule has 0 heterocycles. The normalized spacial score (nSPS) is 13.8. The van der Waals surface area contributed by atoms with E-state index in [1.54, 1.807) is 13.8 Å². The van der Waals surface area contributed by atoms with Gasteiger partial charge >= 0.3 is 5.97 Å². The molecule has 0 saturated carbocycles. The van der Waals surface area contributed by atoms with Crippen molar-refractivity contribution in [1.82, 2.24) is 16.0 Å². The smallest absolute Gasteiger partial charge is 0.327 e. The van der Waals surface area contributed by atoms with Crippen molar-refractivity contribution in [3.05, 3.63) is 35.9 Å². The Balaban J connectivity index is 2.60. The van der Waals surface area contributed by atoms with Crippen LogP contribution in [0.15, 0.2) is 30.3 Å². The van der Waals surface area contributed by atoms with Crippen LogP contribution >= 0.6 is 12.6 Å². The van der Waals surface area contributed by atoms with E-state index in [1.807, 2.05) is 30.3 Å². The molecular formula is C19H28N4O5S. The predicted octanol–water partition coefficient (Wildman–Crippen LogP) is -0.687. The number of hydrogen-bond acceptors (Lipinski definition) is 6. The molecule has 160 valence electrons. The van der Waals surface area contributed by atoms with Gasteiger partial charge in [-0.3, -0.25) is 14.4 Å². The summed E-state index contributed by atoms with van der Waals surface area (Å²) in [4.78, 5) is 47.5. The molecule has 3 unspecified atom stereocenters. The number of thiol groups is 1. The number of benzene rings is 1. The van der Waals surface area contributed by atoms with Gasteiger partial charge < -0.3 is 26.8 Å². The molecule has 9 nitrogen and oxygen atoms in total. The Morgan fingerprint density at radius 2 is 1.69 bits per heavy atom. The van der Waals surface area contributed by atoms with Crippen molar-refractivity contribution >= 4 is 36.3 Å². The first kappa shape index (κ1) is 24.4. The van der Waals surface area contributed by atoms with E-state index in [0.29, 0.717) is 6.42 Å². The molecule has 0 radical (unpaired) electrons. The number of carbonyl (C=O) groups is 4. The van der Waals surface area contributed by atoms with Crippen LogP contribution in [0.4, 0.5) is 0 Å². The van der Waals surface area contributed by atoms with E-state index in [-0.39, 0.29) is 11.7 Å². The highest BCUT2D eigenvalue weighted by Crippen LogP contribution is 2.05. The summed E-state index contributed by atoms with van der Waals surface area (Å²) in [6.45, 7) is 3.06. The summed E-state index contributed by atoms with van der Waals surface area (Å²) in [5.41, 5.74) is 6.85. The van der Waals surface area contributed by atoms with Crippen molar-refractivity contribution in [3.8, 4) is 0 Å². The Bertz CT molecular complexity index is 714. The topological polar surface area (TPSA) is 151 Å². The zero-order valence-corrected chi connectivity index (χ0v) is 17.3. The first-order chi connectivity index (χ1) is 13.6. The lowest BCUT2D eigenvalue weighted by molar-refractivity contribution is -0.141. The van der Waals surface area contributed by atoms with Crippen molar-refractivity contribution in [2.45, 2.75) is 38.4 Å². The van der Waals surface area contributed by atoms with E-state index in [9.17, 15) is 19.2 Å². The number of hydrogen-bond donors (Lipinski definition) is 6. The molecule has 0 aliphatic heterocycles. The fourth-order valence-electron chi connectivity index (χ4n) is 2.46. The van der Waals surface area contributed by atoms with Gasteiger partial charge in [-0.15, -0.1) is 0 Å². The van der Waals surface area contributed by atoms with E-state index < -0.39 is 48.4 Å². The fraction of sp³-hybridized carbons (Fsp3) is 0.474. The monoisotopic (exact) mass is 424 g/mol. The van der Waals surface area contributed by atoms with E-state index >= 15 is 0 Å². The SMILES string of the molecule is CC(C)C(NC(=O)C(N)Cc1ccccc1)C(=O)NCC(=O)NC(CS)C(=O)O. The average Bonchev–Trinajstić information content (AvgIpc) is 2.68. The maximum absolute atomic E-state index is 12.4. The van der Waals surface area contributed by atoms with Crippen molar-refractivity contribution in [2.24, 2.45) is 11.7 Å². The van der Waals surface area contributed by atoms with Crippen LogP contribution in [0.2, 0.25) is 0 Å². The van der Waals surface area contributed by atoms with Crippen LogP contribution in [0.3, 0.4) is 0 Å². The second kappa shape index (κ2) is 12.1. The standard InChI is InChI=1S/C19H28N4O5S/c1-11(2)16(18(26)21-9-15(24)22-14(10-29)19(27)28)23-17(25)13(20)8-12-6-4-3-5-7-12/h3-7,11,13-14,16,29H,8-10,20H2,1-2H3,(H,21,26)(H,22,24)(H,23,25)(H,27,28). The van der Waals surface area contributed by atoms with Crippen molar-refractivity contribution in [1.29, 1.82) is 0 Å². The second-order valence-corrected chi connectivity index (χ2v) is 7.25. The highest BCUT2D eigenvalue weighted by molar-refractivity contribution is 7.80. The molecule has 29 heavy (non-hydrogen) atoms. The van der Waals surface area contributed by atoms with Gasteiger partial charge in [0.2, 0.25) is 17.7 Å². The maximum Gasteiger partial charge on any atom is 0.327 e. The Kier molecular flexibility index (Phi) is 10.2. The van der Waals surface area contributed by atoms with Gasteiger partial charge in [0.05, 0.1) is 12.6 Å². The number of nitrogens with two attached hydrogens (primary N) is 1. The number of rotatable bonds is 11. The van der Waals surface area contributed by atoms with Crippen LogP contribution in [0.5, 0.6) is 0 Å². The first-order valence-corrected chi connectivity index (χ1v) is 9.79. The van der Waals surface area contributed by atoms with Crippen LogP contribution < -0.4 is 21.7 Å². The number of carboxylic acids is 1. The largest absolute Gasteiger partial charge is 0.480 e.